The van der Waals surface area contributed by atoms with E-state index in [1.54, 1.807) is 7.11 Å². The Balaban J connectivity index is 1.70. The molecule has 0 atom stereocenters. The molecule has 0 aromatic heterocycles. The summed E-state index contributed by atoms with van der Waals surface area (Å²) in [6.07, 6.45) is 13.2. The maximum absolute atomic E-state index is 12.1. The number of methoxy groups -OCH3 is 1. The molecule has 1 amide bonds. The van der Waals surface area contributed by atoms with Gasteiger partial charge in [-0.05, 0) is 50.4 Å². The van der Waals surface area contributed by atoms with Crippen LogP contribution in [0.3, 0.4) is 0 Å². The third-order valence-electron chi connectivity index (χ3n) is 6.36. The van der Waals surface area contributed by atoms with Gasteiger partial charge in [0.1, 0.15) is 0 Å². The van der Waals surface area contributed by atoms with Crippen LogP contribution in [0.1, 0.15) is 77.6 Å². The van der Waals surface area contributed by atoms with E-state index in [9.17, 15) is 4.79 Å². The van der Waals surface area contributed by atoms with E-state index in [0.717, 1.165) is 32.1 Å². The Morgan fingerprint density at radius 3 is 2.43 bits per heavy atom. The quantitative estimate of drug-likeness (QED) is 0.286. The fraction of sp³-hybridized carbons (Fsp3) is 0.909. The lowest BCUT2D eigenvalue weighted by atomic mass is 9.83. The molecule has 0 bridgehead atoms. The van der Waals surface area contributed by atoms with Crippen molar-refractivity contribution in [1.82, 2.24) is 16.0 Å². The molecule has 2 fully saturated rings. The molecule has 2 aliphatic rings. The van der Waals surface area contributed by atoms with Gasteiger partial charge >= 0.3 is 0 Å². The molecule has 162 valence electrons. The third kappa shape index (κ3) is 8.38. The lowest BCUT2D eigenvalue weighted by molar-refractivity contribution is -0.122. The molecule has 6 nitrogen and oxygen atoms in total. The molecular formula is C22H42N4O2. The maximum Gasteiger partial charge on any atom is 0.220 e. The van der Waals surface area contributed by atoms with Crippen molar-refractivity contribution in [2.24, 2.45) is 16.3 Å². The number of carbonyl (C=O) groups excluding carboxylic acids is 1. The molecule has 28 heavy (non-hydrogen) atoms. The summed E-state index contributed by atoms with van der Waals surface area (Å²) in [7, 11) is 1.78. The van der Waals surface area contributed by atoms with Crippen LogP contribution in [0, 0.1) is 11.3 Å². The van der Waals surface area contributed by atoms with Gasteiger partial charge in [0.25, 0.3) is 0 Å². The van der Waals surface area contributed by atoms with E-state index < -0.39 is 0 Å². The Kier molecular flexibility index (Phi) is 10.7. The zero-order valence-corrected chi connectivity index (χ0v) is 18.2. The van der Waals surface area contributed by atoms with Crippen LogP contribution in [0.4, 0.5) is 0 Å². The van der Waals surface area contributed by atoms with Crippen LogP contribution in [0.15, 0.2) is 4.99 Å². The van der Waals surface area contributed by atoms with Crippen LogP contribution in [-0.2, 0) is 9.53 Å². The van der Waals surface area contributed by atoms with Crippen LogP contribution in [-0.4, -0.2) is 51.8 Å². The highest BCUT2D eigenvalue weighted by molar-refractivity contribution is 5.80. The zero-order chi connectivity index (χ0) is 20.1. The summed E-state index contributed by atoms with van der Waals surface area (Å²) in [5, 5.41) is 9.76. The number of hydrogen-bond acceptors (Lipinski definition) is 3. The molecule has 0 aliphatic heterocycles. The Morgan fingerprint density at radius 2 is 1.75 bits per heavy atom. The molecule has 2 saturated carbocycles. The third-order valence-corrected chi connectivity index (χ3v) is 6.36. The molecule has 2 aliphatic carbocycles. The predicted octanol–water partition coefficient (Wildman–Crippen LogP) is 3.23. The van der Waals surface area contributed by atoms with E-state index in [1.807, 2.05) is 0 Å². The molecule has 0 radical (unpaired) electrons. The Labute approximate surface area is 171 Å². The van der Waals surface area contributed by atoms with Gasteiger partial charge in [0.05, 0.1) is 0 Å². The van der Waals surface area contributed by atoms with Gasteiger partial charge in [0.2, 0.25) is 5.91 Å². The van der Waals surface area contributed by atoms with E-state index in [1.165, 1.54) is 57.8 Å². The van der Waals surface area contributed by atoms with Crippen molar-refractivity contribution in [2.45, 2.75) is 77.6 Å². The van der Waals surface area contributed by atoms with Gasteiger partial charge in [-0.1, -0.05) is 32.1 Å². The summed E-state index contributed by atoms with van der Waals surface area (Å²) in [4.78, 5) is 17.0. The Morgan fingerprint density at radius 1 is 1.04 bits per heavy atom. The number of nitrogens with one attached hydrogen (secondary N) is 3. The van der Waals surface area contributed by atoms with Crippen molar-refractivity contribution in [3.05, 3.63) is 0 Å². The summed E-state index contributed by atoms with van der Waals surface area (Å²) in [5.41, 5.74) is 0.298. The average Bonchev–Trinajstić information content (AvgIpc) is 3.17. The summed E-state index contributed by atoms with van der Waals surface area (Å²) in [5.74, 6) is 1.64. The number of aliphatic imine (C=N–C) groups is 1. The number of guanidine groups is 1. The highest BCUT2D eigenvalue weighted by Gasteiger charge is 2.33. The highest BCUT2D eigenvalue weighted by atomic mass is 16.5. The second-order valence-electron chi connectivity index (χ2n) is 8.63. The van der Waals surface area contributed by atoms with Gasteiger partial charge in [0.15, 0.2) is 5.96 Å². The highest BCUT2D eigenvalue weighted by Crippen LogP contribution is 2.41. The number of nitrogens with zero attached hydrogens (tertiary/aromatic N) is 1. The fourth-order valence-corrected chi connectivity index (χ4v) is 4.63. The first-order valence-electron chi connectivity index (χ1n) is 11.5. The van der Waals surface area contributed by atoms with Gasteiger partial charge in [-0.2, -0.15) is 0 Å². The first kappa shape index (κ1) is 23.0. The minimum atomic E-state index is 0.195. The van der Waals surface area contributed by atoms with Gasteiger partial charge in [0, 0.05) is 46.3 Å². The van der Waals surface area contributed by atoms with Crippen LogP contribution < -0.4 is 16.0 Å². The molecule has 0 aromatic rings. The van der Waals surface area contributed by atoms with Crippen LogP contribution >= 0.6 is 0 Å². The van der Waals surface area contributed by atoms with Crippen molar-refractivity contribution in [3.63, 3.8) is 0 Å². The summed E-state index contributed by atoms with van der Waals surface area (Å²) in [6, 6.07) is 0. The molecular weight excluding hydrogens is 352 g/mol. The molecule has 0 aromatic carbocycles. The SMILES string of the molecule is CCNC(=NCC1(CCOC)CCCC1)NCCNC(=O)CC1CCCCC1. The van der Waals surface area contributed by atoms with Crippen molar-refractivity contribution >= 4 is 11.9 Å². The molecule has 0 unspecified atom stereocenters. The zero-order valence-electron chi connectivity index (χ0n) is 18.2. The molecule has 2 rings (SSSR count). The van der Waals surface area contributed by atoms with E-state index in [0.29, 0.717) is 30.8 Å². The van der Waals surface area contributed by atoms with Gasteiger partial charge in [-0.25, -0.2) is 0 Å². The normalized spacial score (nSPS) is 20.1. The predicted molar refractivity (Wildman–Crippen MR) is 116 cm³/mol. The minimum Gasteiger partial charge on any atom is -0.385 e. The standard InChI is InChI=1S/C22H42N4O2/c1-3-23-21(26-18-22(13-16-28-2)11-7-8-12-22)25-15-14-24-20(27)17-19-9-5-4-6-10-19/h19H,3-18H2,1-2H3,(H,24,27)(H2,23,25,26). The van der Waals surface area contributed by atoms with Gasteiger partial charge < -0.3 is 20.7 Å². The molecule has 6 heteroatoms. The topological polar surface area (TPSA) is 74.8 Å². The lowest BCUT2D eigenvalue weighted by Crippen LogP contribution is -2.42. The summed E-state index contributed by atoms with van der Waals surface area (Å²) >= 11 is 0. The number of ether oxygens (including phenoxy) is 1. The monoisotopic (exact) mass is 394 g/mol. The Hall–Kier alpha value is -1.30. The van der Waals surface area contributed by atoms with Crippen LogP contribution in [0.25, 0.3) is 0 Å². The first-order valence-corrected chi connectivity index (χ1v) is 11.5. The van der Waals surface area contributed by atoms with Crippen LogP contribution in [0.5, 0.6) is 0 Å². The van der Waals surface area contributed by atoms with Crippen molar-refractivity contribution < 1.29 is 9.53 Å². The largest absolute Gasteiger partial charge is 0.385 e. The number of hydrogen-bond donors (Lipinski definition) is 3. The second-order valence-corrected chi connectivity index (χ2v) is 8.63. The van der Waals surface area contributed by atoms with Crippen molar-refractivity contribution in [3.8, 4) is 0 Å². The molecule has 3 N–H and O–H groups in total. The van der Waals surface area contributed by atoms with Crippen molar-refractivity contribution in [1.29, 1.82) is 0 Å². The lowest BCUT2D eigenvalue weighted by Gasteiger charge is -2.27. The van der Waals surface area contributed by atoms with E-state index in [4.69, 9.17) is 9.73 Å². The minimum absolute atomic E-state index is 0.195. The smallest absolute Gasteiger partial charge is 0.220 e. The van der Waals surface area contributed by atoms with E-state index in [-0.39, 0.29) is 5.91 Å². The Bertz CT molecular complexity index is 469. The first-order chi connectivity index (χ1) is 13.7. The number of amides is 1. The van der Waals surface area contributed by atoms with E-state index in [2.05, 4.69) is 22.9 Å². The van der Waals surface area contributed by atoms with Gasteiger partial charge in [-0.15, -0.1) is 0 Å². The fourth-order valence-electron chi connectivity index (χ4n) is 4.63. The second kappa shape index (κ2) is 13.0. The average molecular weight is 395 g/mol. The number of carbonyl (C=O) groups is 1. The molecule has 0 spiro atoms. The molecule has 0 saturated heterocycles. The number of rotatable bonds is 11. The van der Waals surface area contributed by atoms with Crippen LogP contribution in [0.2, 0.25) is 0 Å². The molecule has 0 heterocycles. The summed E-state index contributed by atoms with van der Waals surface area (Å²) in [6.45, 7) is 5.93. The maximum atomic E-state index is 12.1. The van der Waals surface area contributed by atoms with E-state index >= 15 is 0 Å². The van der Waals surface area contributed by atoms with Crippen molar-refractivity contribution in [2.75, 3.05) is 39.9 Å². The van der Waals surface area contributed by atoms with Gasteiger partial charge in [-0.3, -0.25) is 9.79 Å². The summed E-state index contributed by atoms with van der Waals surface area (Å²) < 4.78 is 5.32.